The van der Waals surface area contributed by atoms with Crippen LogP contribution in [0.2, 0.25) is 0 Å². The van der Waals surface area contributed by atoms with Gasteiger partial charge in [-0.3, -0.25) is 14.6 Å². The van der Waals surface area contributed by atoms with Gasteiger partial charge < -0.3 is 20.7 Å². The second kappa shape index (κ2) is 6.27. The van der Waals surface area contributed by atoms with E-state index in [1.807, 2.05) is 19.9 Å². The number of hydrogen-bond acceptors (Lipinski definition) is 5. The Morgan fingerprint density at radius 2 is 1.96 bits per heavy atom. The van der Waals surface area contributed by atoms with Crippen LogP contribution in [-0.4, -0.2) is 47.6 Å². The average Bonchev–Trinajstić information content (AvgIpc) is 3.01. The zero-order valence-corrected chi connectivity index (χ0v) is 16.3. The molecule has 0 unspecified atom stereocenters. The Morgan fingerprint density at radius 1 is 1.26 bits per heavy atom. The van der Waals surface area contributed by atoms with Crippen molar-refractivity contribution in [1.29, 1.82) is 0 Å². The van der Waals surface area contributed by atoms with Crippen molar-refractivity contribution in [3.8, 4) is 0 Å². The van der Waals surface area contributed by atoms with Gasteiger partial charge in [0.15, 0.2) is 0 Å². The monoisotopic (exact) mass is 372 g/mol. The highest BCUT2D eigenvalue weighted by Crippen LogP contribution is 2.69. The standard InChI is InChI=1S/C20H28N4O3/c1-13-8-16(9-22-14(13)2)24-17(26)19-10-18(11-19,12-23-15(3)25)27-20(19)4-6-21-7-5-20/h8-9,21H,4-7,10-12H2,1-3H3,(H,23,25)(H,24,26). The summed E-state index contributed by atoms with van der Waals surface area (Å²) in [5.41, 5.74) is 1.34. The lowest BCUT2D eigenvalue weighted by Gasteiger charge is -2.47. The fraction of sp³-hybridized carbons (Fsp3) is 0.650. The van der Waals surface area contributed by atoms with Gasteiger partial charge in [0, 0.05) is 19.2 Å². The molecule has 27 heavy (non-hydrogen) atoms. The SMILES string of the molecule is CC(=O)NCC12CC(C(=O)Nc3cnc(C)c(C)c3)(C1)C1(CCNCC1)O2. The third kappa shape index (κ3) is 2.84. The molecule has 3 aliphatic heterocycles. The molecule has 7 nitrogen and oxygen atoms in total. The highest BCUT2D eigenvalue weighted by Gasteiger charge is 2.77. The number of anilines is 1. The first kappa shape index (κ1) is 18.4. The van der Waals surface area contributed by atoms with Gasteiger partial charge in [0.05, 0.1) is 28.5 Å². The second-order valence-electron chi connectivity index (χ2n) is 8.46. The molecule has 3 N–H and O–H groups in total. The molecule has 1 aromatic heterocycles. The molecule has 4 heterocycles. The van der Waals surface area contributed by atoms with E-state index in [1.54, 1.807) is 6.20 Å². The number of pyridine rings is 1. The first-order valence-corrected chi connectivity index (χ1v) is 9.70. The number of carbonyl (C=O) groups is 2. The van der Waals surface area contributed by atoms with Crippen molar-refractivity contribution < 1.29 is 14.3 Å². The second-order valence-corrected chi connectivity index (χ2v) is 8.46. The fourth-order valence-electron chi connectivity index (χ4n) is 5.14. The van der Waals surface area contributed by atoms with Crippen molar-refractivity contribution in [2.45, 2.75) is 57.7 Å². The van der Waals surface area contributed by atoms with Gasteiger partial charge in [-0.2, -0.15) is 0 Å². The summed E-state index contributed by atoms with van der Waals surface area (Å²) >= 11 is 0. The zero-order valence-electron chi connectivity index (χ0n) is 16.3. The van der Waals surface area contributed by atoms with Crippen LogP contribution in [0.25, 0.3) is 0 Å². The summed E-state index contributed by atoms with van der Waals surface area (Å²) in [4.78, 5) is 29.1. The van der Waals surface area contributed by atoms with Gasteiger partial charge in [0.2, 0.25) is 11.8 Å². The Morgan fingerprint density at radius 3 is 2.59 bits per heavy atom. The molecule has 3 saturated heterocycles. The Balaban J connectivity index is 1.58. The molecule has 5 rings (SSSR count). The van der Waals surface area contributed by atoms with Gasteiger partial charge in [0.1, 0.15) is 0 Å². The number of aromatic nitrogens is 1. The first-order chi connectivity index (χ1) is 12.8. The summed E-state index contributed by atoms with van der Waals surface area (Å²) < 4.78 is 6.58. The van der Waals surface area contributed by atoms with E-state index in [2.05, 4.69) is 20.9 Å². The molecular weight excluding hydrogens is 344 g/mol. The number of hydrogen-bond donors (Lipinski definition) is 3. The number of aryl methyl sites for hydroxylation is 2. The quantitative estimate of drug-likeness (QED) is 0.744. The molecule has 1 spiro atoms. The summed E-state index contributed by atoms with van der Waals surface area (Å²) in [6, 6.07) is 1.96. The third-order valence-corrected chi connectivity index (χ3v) is 6.64. The molecule has 0 radical (unpaired) electrons. The van der Waals surface area contributed by atoms with Gasteiger partial charge >= 0.3 is 0 Å². The smallest absolute Gasteiger partial charge is 0.233 e. The number of rotatable bonds is 4. The Bertz CT molecular complexity index is 779. The molecule has 7 heteroatoms. The van der Waals surface area contributed by atoms with E-state index in [1.165, 1.54) is 6.92 Å². The molecule has 4 fully saturated rings. The number of nitrogens with zero attached hydrogens (tertiary/aromatic N) is 1. The van der Waals surface area contributed by atoms with Crippen LogP contribution in [0.3, 0.4) is 0 Å². The Hall–Kier alpha value is -1.99. The van der Waals surface area contributed by atoms with Crippen LogP contribution < -0.4 is 16.0 Å². The van der Waals surface area contributed by atoms with E-state index >= 15 is 0 Å². The lowest BCUT2D eigenvalue weighted by atomic mass is 9.53. The maximum absolute atomic E-state index is 13.4. The molecule has 1 aliphatic carbocycles. The summed E-state index contributed by atoms with van der Waals surface area (Å²) in [7, 11) is 0. The van der Waals surface area contributed by atoms with E-state index in [-0.39, 0.29) is 11.8 Å². The Labute approximate surface area is 159 Å². The molecule has 146 valence electrons. The molecule has 2 amide bonds. The zero-order chi connectivity index (χ0) is 19.3. The molecule has 1 saturated carbocycles. The fourth-order valence-corrected chi connectivity index (χ4v) is 5.14. The van der Waals surface area contributed by atoms with E-state index in [0.717, 1.165) is 42.9 Å². The number of piperidine rings is 1. The van der Waals surface area contributed by atoms with Crippen LogP contribution in [0.4, 0.5) is 5.69 Å². The van der Waals surface area contributed by atoms with Crippen molar-refractivity contribution in [3.05, 3.63) is 23.5 Å². The van der Waals surface area contributed by atoms with Gasteiger partial charge in [0.25, 0.3) is 0 Å². The molecule has 1 aromatic rings. The number of carbonyl (C=O) groups excluding carboxylic acids is 2. The van der Waals surface area contributed by atoms with E-state index < -0.39 is 16.6 Å². The van der Waals surface area contributed by atoms with Crippen molar-refractivity contribution in [2.75, 3.05) is 25.0 Å². The molecule has 0 aromatic carbocycles. The van der Waals surface area contributed by atoms with E-state index in [0.29, 0.717) is 19.4 Å². The van der Waals surface area contributed by atoms with Crippen LogP contribution in [0.15, 0.2) is 12.3 Å². The van der Waals surface area contributed by atoms with Crippen LogP contribution in [0.5, 0.6) is 0 Å². The minimum atomic E-state index is -0.535. The first-order valence-electron chi connectivity index (χ1n) is 9.70. The maximum atomic E-state index is 13.4. The maximum Gasteiger partial charge on any atom is 0.233 e. The van der Waals surface area contributed by atoms with Gasteiger partial charge in [-0.15, -0.1) is 0 Å². The van der Waals surface area contributed by atoms with Crippen LogP contribution in [0, 0.1) is 19.3 Å². The summed E-state index contributed by atoms with van der Waals surface area (Å²) in [6.07, 6.45) is 4.65. The lowest BCUT2D eigenvalue weighted by molar-refractivity contribution is -0.135. The minimum Gasteiger partial charge on any atom is -0.365 e. The average molecular weight is 372 g/mol. The van der Waals surface area contributed by atoms with Crippen molar-refractivity contribution >= 4 is 17.5 Å². The molecule has 4 aliphatic rings. The summed E-state index contributed by atoms with van der Waals surface area (Å²) in [6.45, 7) is 7.61. The van der Waals surface area contributed by atoms with E-state index in [9.17, 15) is 9.59 Å². The lowest BCUT2D eigenvalue weighted by Crippen LogP contribution is -2.60. The van der Waals surface area contributed by atoms with Crippen LogP contribution in [0.1, 0.15) is 43.9 Å². The molecule has 0 atom stereocenters. The van der Waals surface area contributed by atoms with Crippen LogP contribution in [-0.2, 0) is 14.3 Å². The van der Waals surface area contributed by atoms with Gasteiger partial charge in [-0.05, 0) is 64.3 Å². The summed E-state index contributed by atoms with van der Waals surface area (Å²) in [5, 5.41) is 9.35. The predicted octanol–water partition coefficient (Wildman–Crippen LogP) is 1.44. The van der Waals surface area contributed by atoms with Crippen molar-refractivity contribution in [3.63, 3.8) is 0 Å². The number of nitrogens with one attached hydrogen (secondary N) is 3. The Kier molecular flexibility index (Phi) is 4.27. The largest absolute Gasteiger partial charge is 0.365 e. The normalized spacial score (nSPS) is 30.6. The van der Waals surface area contributed by atoms with Crippen LogP contribution >= 0.6 is 0 Å². The van der Waals surface area contributed by atoms with E-state index in [4.69, 9.17) is 4.74 Å². The predicted molar refractivity (Wildman–Crippen MR) is 101 cm³/mol. The number of ether oxygens (including phenoxy) is 1. The highest BCUT2D eigenvalue weighted by atomic mass is 16.5. The molecular formula is C20H28N4O3. The third-order valence-electron chi connectivity index (χ3n) is 6.64. The van der Waals surface area contributed by atoms with Crippen molar-refractivity contribution in [2.24, 2.45) is 5.41 Å². The molecule has 2 bridgehead atoms. The number of amides is 2. The van der Waals surface area contributed by atoms with Gasteiger partial charge in [-0.1, -0.05) is 0 Å². The highest BCUT2D eigenvalue weighted by molar-refractivity contribution is 5.98. The van der Waals surface area contributed by atoms with Gasteiger partial charge in [-0.25, -0.2) is 0 Å². The summed E-state index contributed by atoms with van der Waals surface area (Å²) in [5.74, 6) is -0.0483. The minimum absolute atomic E-state index is 0.0189. The topological polar surface area (TPSA) is 92.4 Å². The van der Waals surface area contributed by atoms with Crippen molar-refractivity contribution in [1.82, 2.24) is 15.6 Å².